The topological polar surface area (TPSA) is 0 Å². The standard InChI is InChI=1S/C33H33PS3/c1-4-10-31-28(7-1)22-35-16-13-25-19-26-14-17-36-23-29-8-2-5-11-32(29)34(31)33-12-6-3-9-30(33)24-37-18-15-27(20-25)21-26/h1-12,19-21H,13-18,22-24H2. The molecule has 0 fully saturated rings. The molecule has 0 atom stereocenters. The second-order valence-corrected chi connectivity index (χ2v) is 15.2. The number of thioether (sulfide) groups is 3. The van der Waals surface area contributed by atoms with Crippen molar-refractivity contribution in [3.05, 3.63) is 124 Å². The molecule has 188 valence electrons. The molecule has 3 aliphatic rings. The summed E-state index contributed by atoms with van der Waals surface area (Å²) >= 11 is 6.30. The zero-order valence-corrected chi connectivity index (χ0v) is 24.5. The van der Waals surface area contributed by atoms with Crippen LogP contribution in [0.4, 0.5) is 0 Å². The molecule has 4 bridgehead atoms. The minimum atomic E-state index is -0.629. The zero-order chi connectivity index (χ0) is 24.9. The lowest BCUT2D eigenvalue weighted by molar-refractivity contribution is 1.06. The highest BCUT2D eigenvalue weighted by Crippen LogP contribution is 2.39. The molecule has 0 spiro atoms. The van der Waals surface area contributed by atoms with Crippen molar-refractivity contribution in [3.8, 4) is 0 Å². The maximum absolute atomic E-state index is 2.49. The Morgan fingerprint density at radius 3 is 1.11 bits per heavy atom. The molecule has 7 rings (SSSR count). The third kappa shape index (κ3) is 6.17. The van der Waals surface area contributed by atoms with E-state index in [1.54, 1.807) is 15.9 Å². The molecule has 0 amide bonds. The molecular weight excluding hydrogens is 524 g/mol. The molecule has 0 aliphatic carbocycles. The van der Waals surface area contributed by atoms with Gasteiger partial charge in [-0.25, -0.2) is 0 Å². The van der Waals surface area contributed by atoms with Gasteiger partial charge in [0.2, 0.25) is 0 Å². The fourth-order valence-electron chi connectivity index (χ4n) is 5.33. The van der Waals surface area contributed by atoms with Crippen molar-refractivity contribution in [2.45, 2.75) is 36.5 Å². The average Bonchev–Trinajstić information content (AvgIpc) is 2.93. The van der Waals surface area contributed by atoms with Gasteiger partial charge in [-0.15, -0.1) is 0 Å². The van der Waals surface area contributed by atoms with Crippen molar-refractivity contribution in [3.63, 3.8) is 0 Å². The van der Waals surface area contributed by atoms with Gasteiger partial charge >= 0.3 is 0 Å². The van der Waals surface area contributed by atoms with Crippen molar-refractivity contribution in [1.29, 1.82) is 0 Å². The Morgan fingerprint density at radius 1 is 0.432 bits per heavy atom. The lowest BCUT2D eigenvalue weighted by Gasteiger charge is -2.27. The van der Waals surface area contributed by atoms with Gasteiger partial charge in [-0.1, -0.05) is 91.0 Å². The molecule has 0 saturated carbocycles. The highest BCUT2D eigenvalue weighted by Gasteiger charge is 2.24. The van der Waals surface area contributed by atoms with Crippen LogP contribution in [0.3, 0.4) is 0 Å². The van der Waals surface area contributed by atoms with Crippen LogP contribution >= 0.6 is 43.2 Å². The second-order valence-electron chi connectivity index (χ2n) is 9.79. The zero-order valence-electron chi connectivity index (χ0n) is 21.2. The SMILES string of the molecule is c1ccc2c(c1)CSCCc1cc3cc(c1)CCSCc1ccccc1P2c1ccccc1CSCC3. The van der Waals surface area contributed by atoms with E-state index in [9.17, 15) is 0 Å². The molecule has 0 radical (unpaired) electrons. The first kappa shape index (κ1) is 25.6. The second kappa shape index (κ2) is 12.5. The van der Waals surface area contributed by atoms with Gasteiger partial charge in [0, 0.05) is 17.3 Å². The first-order chi connectivity index (χ1) is 18.3. The normalized spacial score (nSPS) is 16.9. The van der Waals surface area contributed by atoms with Crippen LogP contribution in [0, 0.1) is 0 Å². The molecule has 4 heteroatoms. The van der Waals surface area contributed by atoms with E-state index in [4.69, 9.17) is 0 Å². The fraction of sp³-hybridized carbons (Fsp3) is 0.273. The lowest BCUT2D eigenvalue weighted by Crippen LogP contribution is -2.27. The number of rotatable bonds is 0. The minimum Gasteiger partial charge on any atom is -0.157 e. The number of hydrogen-bond acceptors (Lipinski definition) is 3. The number of fused-ring (bicyclic) bond motifs is 9. The van der Waals surface area contributed by atoms with Crippen LogP contribution in [0.1, 0.15) is 33.4 Å². The predicted octanol–water partition coefficient (Wildman–Crippen LogP) is 7.50. The third-order valence-corrected chi connectivity index (χ3v) is 13.0. The summed E-state index contributed by atoms with van der Waals surface area (Å²) in [6.07, 6.45) is 3.48. The highest BCUT2D eigenvalue weighted by molar-refractivity contribution is 7.99. The quantitative estimate of drug-likeness (QED) is 0.206. The molecule has 0 aromatic heterocycles. The van der Waals surface area contributed by atoms with Crippen LogP contribution in [0.2, 0.25) is 0 Å². The Hall–Kier alpha value is -1.64. The lowest BCUT2D eigenvalue weighted by atomic mass is 10.0. The van der Waals surface area contributed by atoms with Gasteiger partial charge in [0.25, 0.3) is 0 Å². The fourth-order valence-corrected chi connectivity index (χ4v) is 11.4. The monoisotopic (exact) mass is 556 g/mol. The Balaban J connectivity index is 1.54. The summed E-state index contributed by atoms with van der Waals surface area (Å²) in [4.78, 5) is 0. The van der Waals surface area contributed by atoms with Crippen molar-refractivity contribution in [1.82, 2.24) is 0 Å². The van der Waals surface area contributed by atoms with Crippen molar-refractivity contribution >= 4 is 59.1 Å². The van der Waals surface area contributed by atoms with E-state index in [0.29, 0.717) is 0 Å². The highest BCUT2D eigenvalue weighted by atomic mass is 32.2. The van der Waals surface area contributed by atoms with Gasteiger partial charge in [0.05, 0.1) is 0 Å². The minimum absolute atomic E-state index is 0.629. The number of aryl methyl sites for hydroxylation is 3. The van der Waals surface area contributed by atoms with Gasteiger partial charge in [-0.3, -0.25) is 0 Å². The Labute approximate surface area is 236 Å². The van der Waals surface area contributed by atoms with E-state index < -0.39 is 7.92 Å². The van der Waals surface area contributed by atoms with Gasteiger partial charge in [-0.05, 0) is 93.7 Å². The third-order valence-electron chi connectivity index (χ3n) is 7.19. The Morgan fingerprint density at radius 2 is 0.757 bits per heavy atom. The van der Waals surface area contributed by atoms with Gasteiger partial charge in [-0.2, -0.15) is 35.3 Å². The van der Waals surface area contributed by atoms with Crippen LogP contribution in [-0.2, 0) is 36.5 Å². The van der Waals surface area contributed by atoms with E-state index >= 15 is 0 Å². The summed E-state index contributed by atoms with van der Waals surface area (Å²) in [5.74, 6) is 6.75. The summed E-state index contributed by atoms with van der Waals surface area (Å²) in [6.45, 7) is 0. The van der Waals surface area contributed by atoms with Crippen LogP contribution in [0.25, 0.3) is 0 Å². The van der Waals surface area contributed by atoms with E-state index in [-0.39, 0.29) is 0 Å². The molecule has 3 aliphatic heterocycles. The number of hydrogen-bond donors (Lipinski definition) is 0. The predicted molar refractivity (Wildman–Crippen MR) is 171 cm³/mol. The summed E-state index contributed by atoms with van der Waals surface area (Å²) < 4.78 is 0. The van der Waals surface area contributed by atoms with E-state index in [2.05, 4.69) is 126 Å². The molecule has 0 saturated heterocycles. The van der Waals surface area contributed by atoms with Crippen LogP contribution in [-0.4, -0.2) is 17.3 Å². The first-order valence-electron chi connectivity index (χ1n) is 13.2. The van der Waals surface area contributed by atoms with Gasteiger partial charge < -0.3 is 0 Å². The molecule has 0 N–H and O–H groups in total. The molecule has 4 aromatic carbocycles. The van der Waals surface area contributed by atoms with Gasteiger partial charge in [0.1, 0.15) is 0 Å². The molecule has 0 unspecified atom stereocenters. The summed E-state index contributed by atoms with van der Waals surface area (Å²) in [7, 11) is -0.629. The molecular formula is C33H33PS3. The smallest absolute Gasteiger partial charge is 0.0191 e. The average molecular weight is 557 g/mol. The summed E-state index contributed by atoms with van der Waals surface area (Å²) in [6, 6.07) is 35.4. The molecule has 0 nitrogen and oxygen atoms in total. The maximum atomic E-state index is 2.49. The molecule has 3 heterocycles. The van der Waals surface area contributed by atoms with E-state index in [1.807, 2.05) is 0 Å². The summed E-state index contributed by atoms with van der Waals surface area (Å²) in [5.41, 5.74) is 9.12. The first-order valence-corrected chi connectivity index (χ1v) is 18.0. The Bertz CT molecular complexity index is 1190. The van der Waals surface area contributed by atoms with Crippen molar-refractivity contribution in [2.75, 3.05) is 17.3 Å². The van der Waals surface area contributed by atoms with Crippen molar-refractivity contribution in [2.24, 2.45) is 0 Å². The Kier molecular flexibility index (Phi) is 8.64. The largest absolute Gasteiger partial charge is 0.157 e. The van der Waals surface area contributed by atoms with E-state index in [1.165, 1.54) is 50.6 Å². The van der Waals surface area contributed by atoms with Crippen LogP contribution < -0.4 is 15.9 Å². The van der Waals surface area contributed by atoms with E-state index in [0.717, 1.165) is 36.5 Å². The molecule has 37 heavy (non-hydrogen) atoms. The number of benzene rings is 4. The van der Waals surface area contributed by atoms with Crippen LogP contribution in [0.15, 0.2) is 91.0 Å². The van der Waals surface area contributed by atoms with Gasteiger partial charge in [0.15, 0.2) is 0 Å². The summed E-state index contributed by atoms with van der Waals surface area (Å²) in [5, 5.41) is 4.63. The van der Waals surface area contributed by atoms with Crippen LogP contribution in [0.5, 0.6) is 0 Å². The van der Waals surface area contributed by atoms with Crippen molar-refractivity contribution < 1.29 is 0 Å². The maximum Gasteiger partial charge on any atom is 0.0191 e. The molecule has 4 aromatic rings.